The molecule has 37 heavy (non-hydrogen) atoms. The number of ether oxygens (including phenoxy) is 4. The molecule has 0 atom stereocenters. The average Bonchev–Trinajstić information content (AvgIpc) is 3.25. The molecule has 4 heterocycles. The number of hydrogen-bond acceptors (Lipinski definition) is 8. The molecule has 1 aromatic heterocycles. The number of methoxy groups -OCH3 is 1. The molecule has 11 heteroatoms. The van der Waals surface area contributed by atoms with Crippen molar-refractivity contribution in [3.63, 3.8) is 0 Å². The average molecular weight is 507 g/mol. The number of nitrogens with zero attached hydrogens (tertiary/aromatic N) is 4. The number of hydrogen-bond donors (Lipinski definition) is 0. The lowest BCUT2D eigenvalue weighted by atomic mass is 9.91. The van der Waals surface area contributed by atoms with E-state index in [0.717, 1.165) is 0 Å². The minimum absolute atomic E-state index is 0.110. The van der Waals surface area contributed by atoms with E-state index >= 15 is 0 Å². The second-order valence-corrected chi connectivity index (χ2v) is 9.38. The maximum Gasteiger partial charge on any atom is 0.415 e. The molecule has 0 unspecified atom stereocenters. The highest BCUT2D eigenvalue weighted by Crippen LogP contribution is 2.39. The van der Waals surface area contributed by atoms with Gasteiger partial charge < -0.3 is 23.8 Å². The van der Waals surface area contributed by atoms with Crippen molar-refractivity contribution in [3.8, 4) is 17.2 Å². The summed E-state index contributed by atoms with van der Waals surface area (Å²) in [4.78, 5) is 46.0. The molecule has 2 aromatic carbocycles. The van der Waals surface area contributed by atoms with Crippen LogP contribution < -0.4 is 24.7 Å². The van der Waals surface area contributed by atoms with Gasteiger partial charge in [0.1, 0.15) is 31.1 Å². The Morgan fingerprint density at radius 3 is 2.62 bits per heavy atom. The second kappa shape index (κ2) is 8.99. The Morgan fingerprint density at radius 1 is 1.05 bits per heavy atom. The van der Waals surface area contributed by atoms with Gasteiger partial charge in [0, 0.05) is 38.1 Å². The van der Waals surface area contributed by atoms with Crippen molar-refractivity contribution >= 4 is 28.7 Å². The van der Waals surface area contributed by atoms with Gasteiger partial charge >= 0.3 is 6.09 Å². The van der Waals surface area contributed by atoms with Crippen LogP contribution in [0.15, 0.2) is 47.4 Å². The molecule has 2 saturated heterocycles. The van der Waals surface area contributed by atoms with E-state index in [9.17, 15) is 14.4 Å². The molecule has 192 valence electrons. The summed E-state index contributed by atoms with van der Waals surface area (Å²) in [7, 11) is 1.54. The van der Waals surface area contributed by atoms with Gasteiger partial charge in [-0.2, -0.15) is 0 Å². The van der Waals surface area contributed by atoms with Gasteiger partial charge in [-0.25, -0.2) is 9.78 Å². The standard InChI is InChI=1S/C26H26N4O7/c1-34-18-3-4-19-20(13-18)29(23(31)14-27-19)15-24(32)28-8-6-26(7-9-28)16-30(25(33)37-26)17-2-5-21-22(12-17)36-11-10-35-21/h2-5,12-14H,6-11,15-16H2,1H3. The molecule has 0 aliphatic carbocycles. The fraction of sp³-hybridized carbons (Fsp3) is 0.385. The van der Waals surface area contributed by atoms with E-state index in [1.165, 1.54) is 10.8 Å². The second-order valence-electron chi connectivity index (χ2n) is 9.38. The summed E-state index contributed by atoms with van der Waals surface area (Å²) in [6, 6.07) is 10.6. The molecular weight excluding hydrogens is 480 g/mol. The fourth-order valence-electron chi connectivity index (χ4n) is 5.11. The molecule has 2 fully saturated rings. The monoisotopic (exact) mass is 506 g/mol. The Labute approximate surface area is 212 Å². The van der Waals surface area contributed by atoms with Gasteiger partial charge in [0.05, 0.1) is 36.6 Å². The van der Waals surface area contributed by atoms with Crippen LogP contribution in [0.3, 0.4) is 0 Å². The molecule has 11 nitrogen and oxygen atoms in total. The molecule has 0 saturated carbocycles. The number of benzene rings is 2. The third-order valence-electron chi connectivity index (χ3n) is 7.18. The van der Waals surface area contributed by atoms with Crippen molar-refractivity contribution in [2.24, 2.45) is 0 Å². The van der Waals surface area contributed by atoms with Crippen LogP contribution in [0.2, 0.25) is 0 Å². The van der Waals surface area contributed by atoms with Crippen LogP contribution in [0.5, 0.6) is 17.2 Å². The first-order chi connectivity index (χ1) is 17.9. The van der Waals surface area contributed by atoms with Gasteiger partial charge in [-0.15, -0.1) is 0 Å². The molecule has 3 aliphatic rings. The van der Waals surface area contributed by atoms with E-state index in [2.05, 4.69) is 4.98 Å². The van der Waals surface area contributed by atoms with Gasteiger partial charge in [-0.05, 0) is 24.3 Å². The minimum atomic E-state index is -0.672. The van der Waals surface area contributed by atoms with Gasteiger partial charge in [-0.1, -0.05) is 0 Å². The van der Waals surface area contributed by atoms with Crippen molar-refractivity contribution in [1.82, 2.24) is 14.5 Å². The number of fused-ring (bicyclic) bond motifs is 2. The lowest BCUT2D eigenvalue weighted by molar-refractivity contribution is -0.135. The van der Waals surface area contributed by atoms with Crippen LogP contribution in [0, 0.1) is 0 Å². The first kappa shape index (κ1) is 23.1. The van der Waals surface area contributed by atoms with Gasteiger partial charge in [-0.3, -0.25) is 19.1 Å². The van der Waals surface area contributed by atoms with Gasteiger partial charge in [0.25, 0.3) is 5.56 Å². The Balaban J connectivity index is 1.14. The maximum absolute atomic E-state index is 13.2. The zero-order valence-electron chi connectivity index (χ0n) is 20.3. The summed E-state index contributed by atoms with van der Waals surface area (Å²) in [5.41, 5.74) is 0.789. The van der Waals surface area contributed by atoms with E-state index in [-0.39, 0.29) is 18.0 Å². The number of carbonyl (C=O) groups is 2. The number of amides is 2. The van der Waals surface area contributed by atoms with Crippen LogP contribution in [0.1, 0.15) is 12.8 Å². The number of anilines is 1. The molecule has 2 amide bonds. The third kappa shape index (κ3) is 4.20. The highest BCUT2D eigenvalue weighted by Gasteiger charge is 2.48. The van der Waals surface area contributed by atoms with Crippen LogP contribution in [-0.2, 0) is 16.1 Å². The number of piperidine rings is 1. The maximum atomic E-state index is 13.2. The summed E-state index contributed by atoms with van der Waals surface area (Å²) in [5.74, 6) is 1.66. The highest BCUT2D eigenvalue weighted by molar-refractivity contribution is 5.91. The largest absolute Gasteiger partial charge is 0.497 e. The van der Waals surface area contributed by atoms with Crippen LogP contribution in [-0.4, -0.2) is 72.0 Å². The number of aromatic nitrogens is 2. The lowest BCUT2D eigenvalue weighted by Crippen LogP contribution is -2.49. The zero-order valence-corrected chi connectivity index (χ0v) is 20.3. The number of carbonyl (C=O) groups excluding carboxylic acids is 2. The molecule has 1 spiro atoms. The van der Waals surface area contributed by atoms with E-state index < -0.39 is 11.7 Å². The zero-order chi connectivity index (χ0) is 25.6. The summed E-state index contributed by atoms with van der Waals surface area (Å²) in [6.45, 7) is 2.08. The Bertz CT molecular complexity index is 1440. The Morgan fingerprint density at radius 2 is 1.84 bits per heavy atom. The molecular formula is C26H26N4O7. The van der Waals surface area contributed by atoms with Crippen molar-refractivity contribution < 1.29 is 28.5 Å². The number of rotatable bonds is 4. The van der Waals surface area contributed by atoms with E-state index in [4.69, 9.17) is 18.9 Å². The predicted molar refractivity (Wildman–Crippen MR) is 132 cm³/mol. The fourth-order valence-corrected chi connectivity index (χ4v) is 5.11. The normalized spacial score (nSPS) is 18.2. The van der Waals surface area contributed by atoms with Crippen LogP contribution in [0.25, 0.3) is 11.0 Å². The summed E-state index contributed by atoms with van der Waals surface area (Å²) < 4.78 is 23.8. The highest BCUT2D eigenvalue weighted by atomic mass is 16.6. The third-order valence-corrected chi connectivity index (χ3v) is 7.18. The van der Waals surface area contributed by atoms with Crippen LogP contribution >= 0.6 is 0 Å². The van der Waals surface area contributed by atoms with E-state index in [0.29, 0.717) is 79.7 Å². The topological polar surface area (TPSA) is 112 Å². The molecule has 0 N–H and O–H groups in total. The van der Waals surface area contributed by atoms with Crippen LogP contribution in [0.4, 0.5) is 10.5 Å². The van der Waals surface area contributed by atoms with Crippen molar-refractivity contribution in [2.45, 2.75) is 25.0 Å². The molecule has 0 radical (unpaired) electrons. The minimum Gasteiger partial charge on any atom is -0.497 e. The first-order valence-corrected chi connectivity index (χ1v) is 12.2. The van der Waals surface area contributed by atoms with E-state index in [1.54, 1.807) is 47.2 Å². The quantitative estimate of drug-likeness (QED) is 0.529. The number of likely N-dealkylation sites (tertiary alicyclic amines) is 1. The summed E-state index contributed by atoms with van der Waals surface area (Å²) in [5, 5.41) is 0. The van der Waals surface area contributed by atoms with Crippen molar-refractivity contribution in [2.75, 3.05) is 44.9 Å². The van der Waals surface area contributed by atoms with Gasteiger partial charge in [0.2, 0.25) is 5.91 Å². The molecule has 0 bridgehead atoms. The predicted octanol–water partition coefficient (Wildman–Crippen LogP) is 2.19. The smallest absolute Gasteiger partial charge is 0.415 e. The van der Waals surface area contributed by atoms with E-state index in [1.807, 2.05) is 6.07 Å². The molecule has 3 aromatic rings. The van der Waals surface area contributed by atoms with Crippen molar-refractivity contribution in [3.05, 3.63) is 52.9 Å². The first-order valence-electron chi connectivity index (χ1n) is 12.2. The Hall–Kier alpha value is -4.28. The Kier molecular flexibility index (Phi) is 5.62. The van der Waals surface area contributed by atoms with Gasteiger partial charge in [0.15, 0.2) is 11.5 Å². The lowest BCUT2D eigenvalue weighted by Gasteiger charge is -2.37. The van der Waals surface area contributed by atoms with Crippen molar-refractivity contribution in [1.29, 1.82) is 0 Å². The molecule has 6 rings (SSSR count). The summed E-state index contributed by atoms with van der Waals surface area (Å²) >= 11 is 0. The summed E-state index contributed by atoms with van der Waals surface area (Å²) in [6.07, 6.45) is 1.81. The SMILES string of the molecule is COc1ccc2ncc(=O)n(CC(=O)N3CCC4(CC3)CN(c3ccc5c(c3)OCCO5)C(=O)O4)c2c1. The molecule has 3 aliphatic heterocycles.